The average molecular weight is 302 g/mol. The predicted molar refractivity (Wildman–Crippen MR) is 67.3 cm³/mol. The lowest BCUT2D eigenvalue weighted by Gasteiger charge is -2.31. The number of nitrogens with one attached hydrogen (secondary N) is 1. The summed E-state index contributed by atoms with van der Waals surface area (Å²) >= 11 is 0. The largest absolute Gasteiger partial charge is 0.480 e. The molecule has 1 aromatic carbocycles. The zero-order chi connectivity index (χ0) is 15.8. The average Bonchev–Trinajstić information content (AvgIpc) is 2.79. The Hall–Kier alpha value is -2.25. The normalized spacial score (nSPS) is 21.4. The lowest BCUT2D eigenvalue weighted by atomic mass is 10.00. The van der Waals surface area contributed by atoms with Crippen molar-refractivity contribution < 1.29 is 27.9 Å². The fraction of sp³-hybridized carbons (Fsp3) is 0.385. The number of carbonyl (C=O) groups excluding carboxylic acids is 1. The van der Waals surface area contributed by atoms with Crippen molar-refractivity contribution in [2.45, 2.75) is 25.3 Å². The molecular formula is C13H13F3N2O3. The molecule has 2 N–H and O–H groups in total. The molecule has 1 atom stereocenters. The Kier molecular flexibility index (Phi) is 3.80. The molecule has 2 amide bonds. The number of nitrogens with zero attached hydrogens (tertiary/aromatic N) is 1. The monoisotopic (exact) mass is 302 g/mol. The van der Waals surface area contributed by atoms with Gasteiger partial charge < -0.3 is 15.3 Å². The molecule has 114 valence electrons. The van der Waals surface area contributed by atoms with Crippen LogP contribution in [0, 0.1) is 17.5 Å². The predicted octanol–water partition coefficient (Wildman–Crippen LogP) is 2.57. The molecule has 8 heteroatoms. The minimum absolute atomic E-state index is 0.209. The molecule has 0 spiro atoms. The molecule has 1 fully saturated rings. The summed E-state index contributed by atoms with van der Waals surface area (Å²) in [6.07, 6.45) is 0.782. The van der Waals surface area contributed by atoms with Crippen LogP contribution in [0.4, 0.5) is 23.7 Å². The third-order valence-corrected chi connectivity index (χ3v) is 3.58. The van der Waals surface area contributed by atoms with Gasteiger partial charge in [-0.05, 0) is 19.8 Å². The van der Waals surface area contributed by atoms with Gasteiger partial charge in [-0.15, -0.1) is 0 Å². The highest BCUT2D eigenvalue weighted by molar-refractivity contribution is 5.94. The summed E-state index contributed by atoms with van der Waals surface area (Å²) in [6, 6.07) is 0.456. The van der Waals surface area contributed by atoms with Crippen molar-refractivity contribution in [3.63, 3.8) is 0 Å². The number of carbonyl (C=O) groups is 2. The minimum atomic E-state index is -1.63. The number of carboxylic acids is 1. The summed E-state index contributed by atoms with van der Waals surface area (Å²) in [7, 11) is 0. The van der Waals surface area contributed by atoms with Gasteiger partial charge in [-0.25, -0.2) is 22.8 Å². The van der Waals surface area contributed by atoms with Crippen LogP contribution in [0.25, 0.3) is 0 Å². The summed E-state index contributed by atoms with van der Waals surface area (Å²) in [5.41, 5.74) is -1.66. The number of hydrogen-bond acceptors (Lipinski definition) is 2. The van der Waals surface area contributed by atoms with Crippen molar-refractivity contribution in [2.75, 3.05) is 11.9 Å². The molecular weight excluding hydrogens is 289 g/mol. The summed E-state index contributed by atoms with van der Waals surface area (Å²) in [5.74, 6) is -5.67. The Balaban J connectivity index is 2.20. The lowest BCUT2D eigenvalue weighted by molar-refractivity contribution is -0.146. The van der Waals surface area contributed by atoms with Crippen molar-refractivity contribution in [3.05, 3.63) is 29.6 Å². The maximum absolute atomic E-state index is 13.1. The van der Waals surface area contributed by atoms with E-state index in [1.165, 1.54) is 6.92 Å². The standard InChI is InChI=1S/C13H13F3N2O3/c1-13(11(19)20)3-2-4-18(13)12(21)17-7-5-8(14)10(16)9(15)6-7/h5-6H,2-4H2,1H3,(H,17,21)(H,19,20). The van der Waals surface area contributed by atoms with Crippen LogP contribution in [-0.4, -0.2) is 34.1 Å². The molecule has 1 aliphatic rings. The van der Waals surface area contributed by atoms with Gasteiger partial charge in [0.25, 0.3) is 0 Å². The van der Waals surface area contributed by atoms with Gasteiger partial charge in [-0.2, -0.15) is 0 Å². The van der Waals surface area contributed by atoms with Gasteiger partial charge in [0, 0.05) is 24.4 Å². The van der Waals surface area contributed by atoms with Crippen LogP contribution < -0.4 is 5.32 Å². The number of hydrogen-bond donors (Lipinski definition) is 2. The van der Waals surface area contributed by atoms with Crippen molar-refractivity contribution in [1.29, 1.82) is 0 Å². The molecule has 5 nitrogen and oxygen atoms in total. The van der Waals surface area contributed by atoms with Crippen molar-refractivity contribution in [2.24, 2.45) is 0 Å². The fourth-order valence-corrected chi connectivity index (χ4v) is 2.33. The van der Waals surface area contributed by atoms with Gasteiger partial charge in [0.15, 0.2) is 17.5 Å². The van der Waals surface area contributed by atoms with Gasteiger partial charge in [-0.1, -0.05) is 0 Å². The molecule has 1 saturated heterocycles. The number of anilines is 1. The van der Waals surface area contributed by atoms with Crippen molar-refractivity contribution in [3.8, 4) is 0 Å². The minimum Gasteiger partial charge on any atom is -0.480 e. The van der Waals surface area contributed by atoms with Crippen molar-refractivity contribution >= 4 is 17.7 Å². The summed E-state index contributed by atoms with van der Waals surface area (Å²) in [5, 5.41) is 11.4. The van der Waals surface area contributed by atoms with Crippen LogP contribution in [0.3, 0.4) is 0 Å². The third kappa shape index (κ3) is 2.65. The highest BCUT2D eigenvalue weighted by atomic mass is 19.2. The molecule has 21 heavy (non-hydrogen) atoms. The number of carboxylic acid groups (broad SMARTS) is 1. The Labute approximate surface area is 118 Å². The number of halogens is 3. The van der Waals surface area contributed by atoms with E-state index in [1.807, 2.05) is 0 Å². The van der Waals surface area contributed by atoms with E-state index in [-0.39, 0.29) is 18.7 Å². The summed E-state index contributed by atoms with van der Waals surface area (Å²) < 4.78 is 39.0. The smallest absolute Gasteiger partial charge is 0.329 e. The van der Waals surface area contributed by atoms with Crippen LogP contribution in [0.5, 0.6) is 0 Å². The van der Waals surface area contributed by atoms with Gasteiger partial charge in [-0.3, -0.25) is 0 Å². The van der Waals surface area contributed by atoms with Crippen LogP contribution in [0.15, 0.2) is 12.1 Å². The second kappa shape index (κ2) is 5.27. The van der Waals surface area contributed by atoms with Crippen LogP contribution in [0.2, 0.25) is 0 Å². The first kappa shape index (κ1) is 15.1. The second-order valence-corrected chi connectivity index (χ2v) is 5.02. The van der Waals surface area contributed by atoms with Gasteiger partial charge >= 0.3 is 12.0 Å². The Bertz CT molecular complexity index is 585. The first-order valence-electron chi connectivity index (χ1n) is 6.22. The van der Waals surface area contributed by atoms with Gasteiger partial charge in [0.2, 0.25) is 0 Å². The first-order valence-corrected chi connectivity index (χ1v) is 6.22. The van der Waals surface area contributed by atoms with Crippen molar-refractivity contribution in [1.82, 2.24) is 4.90 Å². The van der Waals surface area contributed by atoms with E-state index < -0.39 is 35.0 Å². The zero-order valence-electron chi connectivity index (χ0n) is 11.1. The fourth-order valence-electron chi connectivity index (χ4n) is 2.33. The topological polar surface area (TPSA) is 69.6 Å². The molecule has 1 aromatic rings. The number of amides is 2. The van der Waals surface area contributed by atoms with Crippen LogP contribution in [-0.2, 0) is 4.79 Å². The number of likely N-dealkylation sites (tertiary alicyclic amines) is 1. The van der Waals surface area contributed by atoms with E-state index in [2.05, 4.69) is 5.32 Å². The highest BCUT2D eigenvalue weighted by Crippen LogP contribution is 2.30. The van der Waals surface area contributed by atoms with E-state index in [1.54, 1.807) is 0 Å². The van der Waals surface area contributed by atoms with E-state index >= 15 is 0 Å². The maximum Gasteiger partial charge on any atom is 0.329 e. The molecule has 0 aromatic heterocycles. The maximum atomic E-state index is 13.1. The molecule has 1 aliphatic heterocycles. The molecule has 0 bridgehead atoms. The van der Waals surface area contributed by atoms with Gasteiger partial charge in [0.1, 0.15) is 5.54 Å². The number of aliphatic carboxylic acids is 1. The van der Waals surface area contributed by atoms with Crippen LogP contribution in [0.1, 0.15) is 19.8 Å². The molecule has 1 heterocycles. The quantitative estimate of drug-likeness (QED) is 0.825. The van der Waals surface area contributed by atoms with Gasteiger partial charge in [0.05, 0.1) is 0 Å². The summed E-state index contributed by atoms with van der Waals surface area (Å²) in [4.78, 5) is 24.4. The zero-order valence-corrected chi connectivity index (χ0v) is 11.1. The number of urea groups is 1. The second-order valence-electron chi connectivity index (χ2n) is 5.02. The van der Waals surface area contributed by atoms with Crippen LogP contribution >= 0.6 is 0 Å². The molecule has 2 rings (SSSR count). The number of benzene rings is 1. The SMILES string of the molecule is CC1(C(=O)O)CCCN1C(=O)Nc1cc(F)c(F)c(F)c1. The van der Waals surface area contributed by atoms with E-state index in [0.29, 0.717) is 18.6 Å². The van der Waals surface area contributed by atoms with E-state index in [0.717, 1.165) is 4.90 Å². The Morgan fingerprint density at radius 2 is 1.86 bits per heavy atom. The Morgan fingerprint density at radius 1 is 1.29 bits per heavy atom. The number of rotatable bonds is 2. The lowest BCUT2D eigenvalue weighted by Crippen LogP contribution is -2.52. The molecule has 0 saturated carbocycles. The molecule has 1 unspecified atom stereocenters. The Morgan fingerprint density at radius 3 is 2.38 bits per heavy atom. The summed E-state index contributed by atoms with van der Waals surface area (Å²) in [6.45, 7) is 1.61. The highest BCUT2D eigenvalue weighted by Gasteiger charge is 2.46. The van der Waals surface area contributed by atoms with E-state index in [4.69, 9.17) is 0 Å². The third-order valence-electron chi connectivity index (χ3n) is 3.58. The van der Waals surface area contributed by atoms with E-state index in [9.17, 15) is 27.9 Å². The molecule has 0 radical (unpaired) electrons. The first-order chi connectivity index (χ1) is 9.75. The molecule has 0 aliphatic carbocycles.